The number of carbonyl (C=O) groups excluding carboxylic acids is 1. The van der Waals surface area contributed by atoms with Crippen molar-refractivity contribution in [2.45, 2.75) is 38.3 Å². The van der Waals surface area contributed by atoms with Gasteiger partial charge in [0.15, 0.2) is 5.78 Å². The lowest BCUT2D eigenvalue weighted by Crippen LogP contribution is -2.27. The minimum Gasteiger partial charge on any atom is -0.508 e. The van der Waals surface area contributed by atoms with E-state index in [0.717, 1.165) is 36.5 Å². The first kappa shape index (κ1) is 30.0. The molecule has 0 fully saturated rings. The average Bonchev–Trinajstić information content (AvgIpc) is 3.04. The molecule has 45 heavy (non-hydrogen) atoms. The normalized spacial score (nSPS) is 14.3. The second kappa shape index (κ2) is 13.7. The Balaban J connectivity index is 1.13. The van der Waals surface area contributed by atoms with Gasteiger partial charge in [-0.2, -0.15) is 0 Å². The zero-order valence-corrected chi connectivity index (χ0v) is 25.1. The van der Waals surface area contributed by atoms with Gasteiger partial charge in [0.1, 0.15) is 29.6 Å². The molecule has 6 nitrogen and oxygen atoms in total. The van der Waals surface area contributed by atoms with Crippen molar-refractivity contribution in [3.05, 3.63) is 154 Å². The van der Waals surface area contributed by atoms with E-state index in [1.165, 1.54) is 17.2 Å². The Morgan fingerprint density at radius 1 is 0.689 bits per heavy atom. The summed E-state index contributed by atoms with van der Waals surface area (Å²) >= 11 is 0. The summed E-state index contributed by atoms with van der Waals surface area (Å²) in [4.78, 5) is 15.5. The third kappa shape index (κ3) is 7.36. The number of rotatable bonds is 11. The van der Waals surface area contributed by atoms with E-state index >= 15 is 0 Å². The maximum Gasteiger partial charge on any atom is 0.167 e. The molecule has 0 aromatic heterocycles. The molecule has 5 aromatic rings. The number of Topliss-reactive ketones (excluding diaryl/α,β-unsaturated/α-hetero) is 1. The largest absolute Gasteiger partial charge is 0.508 e. The fraction of sp³-hybridized carbons (Fsp3) is 0.205. The lowest BCUT2D eigenvalue weighted by molar-refractivity contribution is 0.0961. The lowest BCUT2D eigenvalue weighted by atomic mass is 9.76. The highest BCUT2D eigenvalue weighted by molar-refractivity contribution is 6.02. The monoisotopic (exact) mass is 599 g/mol. The SMILES string of the molecule is O=C1CC(c2ccc(O)cc2)Cc2c(Cc3ccc(OCCN(Cc4ccccc4)Cc4ccccc4)cc3)c(O)cc(O)c21. The van der Waals surface area contributed by atoms with Crippen LogP contribution in [0.25, 0.3) is 0 Å². The van der Waals surface area contributed by atoms with E-state index in [4.69, 9.17) is 4.74 Å². The molecule has 0 amide bonds. The second-order valence-electron chi connectivity index (χ2n) is 11.7. The maximum atomic E-state index is 13.2. The predicted molar refractivity (Wildman–Crippen MR) is 175 cm³/mol. The van der Waals surface area contributed by atoms with Gasteiger partial charge in [0.25, 0.3) is 0 Å². The summed E-state index contributed by atoms with van der Waals surface area (Å²) in [5, 5.41) is 31.2. The quantitative estimate of drug-likeness (QED) is 0.147. The molecule has 228 valence electrons. The summed E-state index contributed by atoms with van der Waals surface area (Å²) in [7, 11) is 0. The molecule has 0 saturated carbocycles. The molecule has 0 aliphatic heterocycles. The number of hydrogen-bond acceptors (Lipinski definition) is 6. The predicted octanol–water partition coefficient (Wildman–Crippen LogP) is 7.39. The Hall–Kier alpha value is -5.07. The zero-order chi connectivity index (χ0) is 31.2. The maximum absolute atomic E-state index is 13.2. The smallest absolute Gasteiger partial charge is 0.167 e. The average molecular weight is 600 g/mol. The van der Waals surface area contributed by atoms with Gasteiger partial charge in [0, 0.05) is 44.1 Å². The van der Waals surface area contributed by atoms with Crippen molar-refractivity contribution < 1.29 is 24.9 Å². The Bertz CT molecular complexity index is 1690. The van der Waals surface area contributed by atoms with Gasteiger partial charge in [-0.1, -0.05) is 84.9 Å². The summed E-state index contributed by atoms with van der Waals surface area (Å²) < 4.78 is 6.15. The van der Waals surface area contributed by atoms with E-state index in [0.29, 0.717) is 36.1 Å². The van der Waals surface area contributed by atoms with Gasteiger partial charge in [-0.25, -0.2) is 0 Å². The molecular weight excluding hydrogens is 562 g/mol. The van der Waals surface area contributed by atoms with Crippen LogP contribution in [0.2, 0.25) is 0 Å². The van der Waals surface area contributed by atoms with Gasteiger partial charge in [-0.05, 0) is 64.4 Å². The molecule has 1 unspecified atom stereocenters. The van der Waals surface area contributed by atoms with Crippen LogP contribution in [0, 0.1) is 0 Å². The van der Waals surface area contributed by atoms with Gasteiger partial charge in [0.2, 0.25) is 0 Å². The zero-order valence-electron chi connectivity index (χ0n) is 25.1. The molecule has 3 N–H and O–H groups in total. The molecule has 1 aliphatic rings. The van der Waals surface area contributed by atoms with E-state index in [-0.39, 0.29) is 35.4 Å². The van der Waals surface area contributed by atoms with Crippen molar-refractivity contribution in [2.24, 2.45) is 0 Å². The molecule has 0 radical (unpaired) electrons. The number of fused-ring (bicyclic) bond motifs is 1. The van der Waals surface area contributed by atoms with E-state index in [1.54, 1.807) is 12.1 Å². The fourth-order valence-electron chi connectivity index (χ4n) is 6.21. The molecule has 0 bridgehead atoms. The molecular formula is C39H37NO5. The Kier molecular flexibility index (Phi) is 9.13. The van der Waals surface area contributed by atoms with E-state index in [2.05, 4.69) is 53.4 Å². The summed E-state index contributed by atoms with van der Waals surface area (Å²) in [6.07, 6.45) is 1.18. The van der Waals surface area contributed by atoms with E-state index in [9.17, 15) is 20.1 Å². The number of aromatic hydroxyl groups is 3. The number of ether oxygens (including phenoxy) is 1. The van der Waals surface area contributed by atoms with E-state index < -0.39 is 0 Å². The third-order valence-corrected chi connectivity index (χ3v) is 8.51. The fourth-order valence-corrected chi connectivity index (χ4v) is 6.21. The van der Waals surface area contributed by atoms with Crippen molar-refractivity contribution in [2.75, 3.05) is 13.2 Å². The number of phenols is 3. The first-order valence-electron chi connectivity index (χ1n) is 15.3. The van der Waals surface area contributed by atoms with Crippen LogP contribution in [0.15, 0.2) is 115 Å². The third-order valence-electron chi connectivity index (χ3n) is 8.51. The van der Waals surface area contributed by atoms with Crippen molar-refractivity contribution in [3.8, 4) is 23.0 Å². The number of ketones is 1. The van der Waals surface area contributed by atoms with Crippen molar-refractivity contribution in [1.29, 1.82) is 0 Å². The standard InChI is InChI=1S/C39H37NO5/c41-32-15-13-30(14-16-32)31-22-35-34(36(42)24-38(44)39(35)37(43)23-31)21-27-11-17-33(18-12-27)45-20-19-40(25-28-7-3-1-4-8-28)26-29-9-5-2-6-10-29/h1-18,24,31,41-42,44H,19-23,25-26H2. The minimum absolute atomic E-state index is 0.0253. The van der Waals surface area contributed by atoms with Crippen molar-refractivity contribution in [3.63, 3.8) is 0 Å². The van der Waals surface area contributed by atoms with Crippen LogP contribution in [-0.2, 0) is 25.9 Å². The van der Waals surface area contributed by atoms with Crippen LogP contribution in [0.4, 0.5) is 0 Å². The Labute approximate surface area is 263 Å². The highest BCUT2D eigenvalue weighted by atomic mass is 16.5. The van der Waals surface area contributed by atoms with Crippen LogP contribution in [0.1, 0.15) is 56.1 Å². The summed E-state index contributed by atoms with van der Waals surface area (Å²) in [6, 6.07) is 36.9. The van der Waals surface area contributed by atoms with Gasteiger partial charge in [0.05, 0.1) is 5.56 Å². The van der Waals surface area contributed by atoms with Gasteiger partial charge < -0.3 is 20.1 Å². The Morgan fingerprint density at radius 2 is 1.31 bits per heavy atom. The first-order valence-corrected chi connectivity index (χ1v) is 15.3. The molecule has 6 heteroatoms. The van der Waals surface area contributed by atoms with Crippen LogP contribution < -0.4 is 4.74 Å². The van der Waals surface area contributed by atoms with Gasteiger partial charge >= 0.3 is 0 Å². The van der Waals surface area contributed by atoms with Crippen LogP contribution >= 0.6 is 0 Å². The molecule has 0 saturated heterocycles. The summed E-state index contributed by atoms with van der Waals surface area (Å²) in [5.74, 6) is 0.467. The van der Waals surface area contributed by atoms with Gasteiger partial charge in [-0.3, -0.25) is 9.69 Å². The van der Waals surface area contributed by atoms with Crippen LogP contribution in [0.3, 0.4) is 0 Å². The number of benzene rings is 5. The first-order chi connectivity index (χ1) is 21.9. The Morgan fingerprint density at radius 3 is 1.93 bits per heavy atom. The number of nitrogens with zero attached hydrogens (tertiary/aromatic N) is 1. The lowest BCUT2D eigenvalue weighted by Gasteiger charge is -2.27. The highest BCUT2D eigenvalue weighted by Gasteiger charge is 2.32. The van der Waals surface area contributed by atoms with Crippen molar-refractivity contribution in [1.82, 2.24) is 4.90 Å². The van der Waals surface area contributed by atoms with E-state index in [1.807, 2.05) is 48.5 Å². The minimum atomic E-state index is -0.183. The summed E-state index contributed by atoms with van der Waals surface area (Å²) in [6.45, 7) is 2.95. The molecule has 1 aliphatic carbocycles. The van der Waals surface area contributed by atoms with Crippen LogP contribution in [-0.4, -0.2) is 39.2 Å². The molecule has 6 rings (SSSR count). The second-order valence-corrected chi connectivity index (χ2v) is 11.7. The number of hydrogen-bond donors (Lipinski definition) is 3. The van der Waals surface area contributed by atoms with Crippen molar-refractivity contribution >= 4 is 5.78 Å². The topological polar surface area (TPSA) is 90.2 Å². The number of carbonyl (C=O) groups is 1. The van der Waals surface area contributed by atoms with Crippen LogP contribution in [0.5, 0.6) is 23.0 Å². The van der Waals surface area contributed by atoms with Gasteiger partial charge in [-0.15, -0.1) is 0 Å². The molecule has 0 spiro atoms. The number of phenolic OH excluding ortho intramolecular Hbond substituents is 3. The summed E-state index contributed by atoms with van der Waals surface area (Å²) in [5.41, 5.74) is 6.04. The molecule has 0 heterocycles. The molecule has 5 aromatic carbocycles. The molecule has 1 atom stereocenters. The highest BCUT2D eigenvalue weighted by Crippen LogP contribution is 2.42.